The van der Waals surface area contributed by atoms with E-state index in [4.69, 9.17) is 10.1 Å². The van der Waals surface area contributed by atoms with Gasteiger partial charge < -0.3 is 15.5 Å². The van der Waals surface area contributed by atoms with Crippen LogP contribution in [0.1, 0.15) is 12.0 Å². The average Bonchev–Trinajstić information content (AvgIpc) is 3.00. The van der Waals surface area contributed by atoms with E-state index >= 15 is 0 Å². The molecule has 3 N–H and O–H groups in total. The molecular formula is C16H23FN4O. The summed E-state index contributed by atoms with van der Waals surface area (Å²) in [5.74, 6) is 0.537. The highest BCUT2D eigenvalue weighted by Gasteiger charge is 1.98. The molecule has 6 heteroatoms. The van der Waals surface area contributed by atoms with Crippen LogP contribution in [0.3, 0.4) is 0 Å². The van der Waals surface area contributed by atoms with Crippen LogP contribution in [-0.4, -0.2) is 38.2 Å². The number of hydrogen-bond acceptors (Lipinski definition) is 5. The smallest absolute Gasteiger partial charge is 0.228 e. The topological polar surface area (TPSA) is 60.4 Å². The lowest BCUT2D eigenvalue weighted by molar-refractivity contribution is 0.192. The third-order valence-electron chi connectivity index (χ3n) is 2.87. The molecule has 1 fully saturated rings. The largest absolute Gasteiger partial charge is 0.463 e. The Bertz CT molecular complexity index is 471. The van der Waals surface area contributed by atoms with Gasteiger partial charge in [0, 0.05) is 18.9 Å². The van der Waals surface area contributed by atoms with Crippen molar-refractivity contribution >= 4 is 12.8 Å². The highest BCUT2D eigenvalue weighted by Crippen LogP contribution is 2.14. The lowest BCUT2D eigenvalue weighted by Gasteiger charge is -2.09. The maximum atomic E-state index is 12.0. The SMILES string of the molecule is C1CNC1.C=N.FCOc1cccc(/C=C/N2C=CCN2)c1. The second-order valence-corrected chi connectivity index (χ2v) is 4.40. The molecule has 1 saturated heterocycles. The maximum absolute atomic E-state index is 12.0. The Labute approximate surface area is 130 Å². The van der Waals surface area contributed by atoms with Crippen molar-refractivity contribution in [1.29, 1.82) is 5.41 Å². The lowest BCUT2D eigenvalue weighted by Crippen LogP contribution is -2.29. The number of rotatable bonds is 4. The minimum atomic E-state index is -0.802. The fourth-order valence-electron chi connectivity index (χ4n) is 1.59. The van der Waals surface area contributed by atoms with Crippen molar-refractivity contribution in [2.75, 3.05) is 26.5 Å². The highest BCUT2D eigenvalue weighted by atomic mass is 19.1. The predicted octanol–water partition coefficient (Wildman–Crippen LogP) is 2.54. The summed E-state index contributed by atoms with van der Waals surface area (Å²) >= 11 is 0. The van der Waals surface area contributed by atoms with Crippen LogP contribution in [0.2, 0.25) is 0 Å². The van der Waals surface area contributed by atoms with Gasteiger partial charge in [-0.05, 0) is 50.0 Å². The van der Waals surface area contributed by atoms with Crippen LogP contribution >= 0.6 is 0 Å². The first kappa shape index (κ1) is 17.9. The number of ether oxygens (including phenoxy) is 1. The van der Waals surface area contributed by atoms with Gasteiger partial charge in [-0.1, -0.05) is 18.2 Å². The molecule has 0 unspecified atom stereocenters. The van der Waals surface area contributed by atoms with Gasteiger partial charge >= 0.3 is 0 Å². The second-order valence-electron chi connectivity index (χ2n) is 4.40. The molecule has 0 bridgehead atoms. The molecule has 1 aromatic carbocycles. The van der Waals surface area contributed by atoms with Crippen molar-refractivity contribution in [3.8, 4) is 5.75 Å². The zero-order chi connectivity index (χ0) is 16.0. The molecule has 0 aromatic heterocycles. The summed E-state index contributed by atoms with van der Waals surface area (Å²) in [5, 5.41) is 10.5. The molecular weight excluding hydrogens is 283 g/mol. The molecule has 3 rings (SSSR count). The Morgan fingerprint density at radius 1 is 1.36 bits per heavy atom. The first-order valence-electron chi connectivity index (χ1n) is 7.10. The minimum Gasteiger partial charge on any atom is -0.463 e. The molecule has 2 heterocycles. The van der Waals surface area contributed by atoms with E-state index in [2.05, 4.69) is 17.5 Å². The van der Waals surface area contributed by atoms with E-state index in [0.29, 0.717) is 5.75 Å². The second kappa shape index (κ2) is 11.5. The Balaban J connectivity index is 0.000000342. The summed E-state index contributed by atoms with van der Waals surface area (Å²) in [6.45, 7) is 5.04. The van der Waals surface area contributed by atoms with E-state index in [9.17, 15) is 4.39 Å². The number of benzene rings is 1. The first-order valence-corrected chi connectivity index (χ1v) is 7.10. The van der Waals surface area contributed by atoms with E-state index < -0.39 is 6.86 Å². The van der Waals surface area contributed by atoms with Crippen molar-refractivity contribution in [2.45, 2.75) is 6.42 Å². The van der Waals surface area contributed by atoms with Crippen molar-refractivity contribution in [2.24, 2.45) is 0 Å². The Hall–Kier alpha value is -2.18. The van der Waals surface area contributed by atoms with Gasteiger partial charge in [0.05, 0.1) is 0 Å². The van der Waals surface area contributed by atoms with E-state index in [1.54, 1.807) is 12.1 Å². The average molecular weight is 306 g/mol. The first-order chi connectivity index (χ1) is 10.9. The Morgan fingerprint density at radius 3 is 2.64 bits per heavy atom. The van der Waals surface area contributed by atoms with Gasteiger partial charge in [-0.2, -0.15) is 0 Å². The molecule has 22 heavy (non-hydrogen) atoms. The summed E-state index contributed by atoms with van der Waals surface area (Å²) in [6, 6.07) is 7.28. The van der Waals surface area contributed by atoms with Crippen LogP contribution in [0.15, 0.2) is 42.7 Å². The third kappa shape index (κ3) is 7.01. The van der Waals surface area contributed by atoms with E-state index in [1.807, 2.05) is 41.7 Å². The number of halogens is 1. The van der Waals surface area contributed by atoms with Crippen molar-refractivity contribution in [1.82, 2.24) is 15.8 Å². The van der Waals surface area contributed by atoms with Crippen LogP contribution in [0.4, 0.5) is 4.39 Å². The standard InChI is InChI=1S/C12H13FN2O.C3H7N.CH3N/c13-10-16-12-4-1-3-11(9-12)5-8-15-7-2-6-14-15;1-2-4-3-1;1-2/h1-5,7-9,14H,6,10H2;4H,1-3H2;2H,1H2/b8-5+;;. The maximum Gasteiger partial charge on any atom is 0.228 e. The van der Waals surface area contributed by atoms with E-state index in [1.165, 1.54) is 19.5 Å². The van der Waals surface area contributed by atoms with Crippen LogP contribution in [0.25, 0.3) is 6.08 Å². The molecule has 1 aromatic rings. The highest BCUT2D eigenvalue weighted by molar-refractivity contribution is 5.51. The molecule has 2 aliphatic rings. The molecule has 0 saturated carbocycles. The molecule has 5 nitrogen and oxygen atoms in total. The molecule has 0 radical (unpaired) electrons. The van der Waals surface area contributed by atoms with Crippen molar-refractivity contribution < 1.29 is 9.13 Å². The van der Waals surface area contributed by atoms with Gasteiger partial charge in [0.25, 0.3) is 0 Å². The summed E-state index contributed by atoms with van der Waals surface area (Å²) in [6.07, 6.45) is 9.18. The van der Waals surface area contributed by atoms with Gasteiger partial charge in [-0.15, -0.1) is 0 Å². The fraction of sp³-hybridized carbons (Fsp3) is 0.312. The van der Waals surface area contributed by atoms with Crippen LogP contribution in [0, 0.1) is 5.41 Å². The summed E-state index contributed by atoms with van der Waals surface area (Å²) in [7, 11) is 0. The monoisotopic (exact) mass is 306 g/mol. The molecule has 0 spiro atoms. The molecule has 2 aliphatic heterocycles. The zero-order valence-corrected chi connectivity index (χ0v) is 12.6. The number of alkyl halides is 1. The summed E-state index contributed by atoms with van der Waals surface area (Å²) in [4.78, 5) is 0. The fourth-order valence-corrected chi connectivity index (χ4v) is 1.59. The molecule has 0 amide bonds. The van der Waals surface area contributed by atoms with Crippen molar-refractivity contribution in [3.05, 3.63) is 48.3 Å². The summed E-state index contributed by atoms with van der Waals surface area (Å²) < 4.78 is 16.7. The number of hydrazine groups is 1. The van der Waals surface area contributed by atoms with Crippen LogP contribution < -0.4 is 15.5 Å². The quantitative estimate of drug-likeness (QED) is 0.748. The van der Waals surface area contributed by atoms with Crippen LogP contribution in [0.5, 0.6) is 5.75 Å². The molecule has 120 valence electrons. The van der Waals surface area contributed by atoms with Gasteiger partial charge in [0.1, 0.15) is 5.75 Å². The van der Waals surface area contributed by atoms with Gasteiger partial charge in [-0.25, -0.2) is 9.82 Å². The lowest BCUT2D eigenvalue weighted by atomic mass is 10.2. The molecule has 0 atom stereocenters. The summed E-state index contributed by atoms with van der Waals surface area (Å²) in [5.41, 5.74) is 4.08. The van der Waals surface area contributed by atoms with Gasteiger partial charge in [-0.3, -0.25) is 5.01 Å². The number of nitrogens with one attached hydrogen (secondary N) is 3. The van der Waals surface area contributed by atoms with E-state index in [0.717, 1.165) is 12.1 Å². The van der Waals surface area contributed by atoms with Crippen molar-refractivity contribution in [3.63, 3.8) is 0 Å². The Kier molecular flexibility index (Phi) is 9.32. The zero-order valence-electron chi connectivity index (χ0n) is 12.6. The Morgan fingerprint density at radius 2 is 2.09 bits per heavy atom. The van der Waals surface area contributed by atoms with Gasteiger partial charge in [0.2, 0.25) is 6.86 Å². The molecule has 0 aliphatic carbocycles. The van der Waals surface area contributed by atoms with Crippen LogP contribution in [-0.2, 0) is 0 Å². The van der Waals surface area contributed by atoms with Gasteiger partial charge in [0.15, 0.2) is 0 Å². The normalized spacial score (nSPS) is 15.4. The van der Waals surface area contributed by atoms with E-state index in [-0.39, 0.29) is 0 Å². The number of hydrogen-bond donors (Lipinski definition) is 3. The predicted molar refractivity (Wildman–Crippen MR) is 88.4 cm³/mol. The minimum absolute atomic E-state index is 0.537. The number of nitrogens with zero attached hydrogens (tertiary/aromatic N) is 1. The third-order valence-corrected chi connectivity index (χ3v) is 2.87.